The van der Waals surface area contributed by atoms with Gasteiger partial charge in [-0.05, 0) is 67.4 Å². The van der Waals surface area contributed by atoms with Crippen LogP contribution in [0, 0.1) is 13.8 Å². The van der Waals surface area contributed by atoms with Gasteiger partial charge in [-0.15, -0.1) is 12.6 Å². The van der Waals surface area contributed by atoms with E-state index in [2.05, 4.69) is 22.6 Å². The Labute approximate surface area is 168 Å². The Morgan fingerprint density at radius 2 is 1.68 bits per heavy atom. The Morgan fingerprint density at radius 3 is 2.36 bits per heavy atom. The number of nitrogens with zero attached hydrogens (tertiary/aromatic N) is 1. The largest absolute Gasteiger partial charge is 0.457 e. The van der Waals surface area contributed by atoms with Crippen LogP contribution in [0.15, 0.2) is 75.7 Å². The number of aromatic nitrogens is 2. The third-order valence-corrected chi connectivity index (χ3v) is 6.60. The van der Waals surface area contributed by atoms with Crippen LogP contribution in [-0.2, 0) is 9.84 Å². The average Bonchev–Trinajstić information content (AvgIpc) is 3.09. The van der Waals surface area contributed by atoms with E-state index in [0.29, 0.717) is 11.1 Å². The number of hydrogen-bond acceptors (Lipinski definition) is 5. The van der Waals surface area contributed by atoms with Crippen molar-refractivity contribution in [1.29, 1.82) is 0 Å². The minimum Gasteiger partial charge on any atom is -0.457 e. The highest BCUT2D eigenvalue weighted by Crippen LogP contribution is 2.35. The molecule has 1 N–H and O–H groups in total. The summed E-state index contributed by atoms with van der Waals surface area (Å²) in [5.74, 6) is 1.31. The molecule has 0 bridgehead atoms. The monoisotopic (exact) mass is 410 g/mol. The predicted molar refractivity (Wildman–Crippen MR) is 111 cm³/mol. The molecule has 2 heterocycles. The number of rotatable bonds is 4. The average molecular weight is 411 g/mol. The van der Waals surface area contributed by atoms with E-state index in [1.165, 1.54) is 30.7 Å². The van der Waals surface area contributed by atoms with Crippen molar-refractivity contribution in [3.8, 4) is 11.5 Å². The van der Waals surface area contributed by atoms with Crippen molar-refractivity contribution in [2.45, 2.75) is 28.5 Å². The summed E-state index contributed by atoms with van der Waals surface area (Å²) in [5, 5.41) is 0.579. The van der Waals surface area contributed by atoms with Crippen molar-refractivity contribution in [2.75, 3.05) is 0 Å². The molecule has 4 aromatic rings. The molecule has 0 saturated carbocycles. The van der Waals surface area contributed by atoms with Gasteiger partial charge in [-0.2, -0.15) is 0 Å². The zero-order valence-corrected chi connectivity index (χ0v) is 17.0. The van der Waals surface area contributed by atoms with Crippen LogP contribution < -0.4 is 4.74 Å². The molecule has 0 unspecified atom stereocenters. The van der Waals surface area contributed by atoms with Gasteiger partial charge < -0.3 is 9.72 Å². The molecule has 0 saturated heterocycles. The van der Waals surface area contributed by atoms with Gasteiger partial charge in [0, 0.05) is 34.4 Å². The molecule has 0 aliphatic carbocycles. The van der Waals surface area contributed by atoms with Gasteiger partial charge in [0.05, 0.1) is 9.79 Å². The van der Waals surface area contributed by atoms with Gasteiger partial charge in [-0.1, -0.05) is 0 Å². The zero-order chi connectivity index (χ0) is 19.9. The number of H-pyrrole nitrogens is 1. The number of ether oxygens (including phenoxy) is 1. The van der Waals surface area contributed by atoms with Gasteiger partial charge in [-0.25, -0.2) is 8.42 Å². The summed E-state index contributed by atoms with van der Waals surface area (Å²) in [5.41, 5.74) is 2.65. The summed E-state index contributed by atoms with van der Waals surface area (Å²) in [7, 11) is -3.67. The molecule has 0 amide bonds. The fraction of sp³-hybridized carbons (Fsp3) is 0.0952. The minimum atomic E-state index is -3.67. The van der Waals surface area contributed by atoms with Crippen LogP contribution >= 0.6 is 12.6 Å². The summed E-state index contributed by atoms with van der Waals surface area (Å²) in [6.45, 7) is 3.91. The van der Waals surface area contributed by atoms with Crippen molar-refractivity contribution in [2.24, 2.45) is 0 Å². The highest BCUT2D eigenvalue weighted by molar-refractivity contribution is 7.91. The molecular weight excluding hydrogens is 392 g/mol. The highest BCUT2D eigenvalue weighted by Gasteiger charge is 2.22. The van der Waals surface area contributed by atoms with Crippen LogP contribution in [0.1, 0.15) is 11.1 Å². The number of aromatic amines is 1. The number of pyridine rings is 1. The molecular formula is C21H18N2O3S2. The third kappa shape index (κ3) is 3.27. The van der Waals surface area contributed by atoms with E-state index < -0.39 is 9.84 Å². The summed E-state index contributed by atoms with van der Waals surface area (Å²) in [6.07, 6.45) is 4.44. The second-order valence-corrected chi connectivity index (χ2v) is 8.99. The van der Waals surface area contributed by atoms with Gasteiger partial charge in [0.2, 0.25) is 9.84 Å². The molecule has 28 heavy (non-hydrogen) atoms. The quantitative estimate of drug-likeness (QED) is 0.460. The van der Waals surface area contributed by atoms with E-state index in [-0.39, 0.29) is 9.79 Å². The van der Waals surface area contributed by atoms with E-state index in [9.17, 15) is 8.42 Å². The first kappa shape index (κ1) is 18.6. The van der Waals surface area contributed by atoms with Crippen LogP contribution in [0.25, 0.3) is 10.9 Å². The SMILES string of the molecule is Cc1cc(S)cc(C)c1Oc1ccc2[nH]cc(S(=O)(=O)c3ccncc3)c2c1. The number of hydrogen-bond donors (Lipinski definition) is 2. The molecule has 2 aromatic heterocycles. The molecule has 0 aliphatic rings. The maximum atomic E-state index is 13.0. The van der Waals surface area contributed by atoms with Crippen molar-refractivity contribution >= 4 is 33.4 Å². The summed E-state index contributed by atoms with van der Waals surface area (Å²) in [6, 6.07) is 12.2. The van der Waals surface area contributed by atoms with Crippen molar-refractivity contribution in [3.63, 3.8) is 0 Å². The molecule has 0 fully saturated rings. The summed E-state index contributed by atoms with van der Waals surface area (Å²) < 4.78 is 32.1. The lowest BCUT2D eigenvalue weighted by molar-refractivity contribution is 0.475. The first-order chi connectivity index (χ1) is 13.4. The fourth-order valence-corrected chi connectivity index (χ4v) is 5.00. The van der Waals surface area contributed by atoms with Gasteiger partial charge in [0.15, 0.2) is 0 Å². The maximum absolute atomic E-state index is 13.0. The van der Waals surface area contributed by atoms with E-state index in [1.807, 2.05) is 38.1 Å². The molecule has 7 heteroatoms. The molecule has 142 valence electrons. The normalized spacial score (nSPS) is 11.7. The zero-order valence-electron chi connectivity index (χ0n) is 15.3. The molecule has 2 aromatic carbocycles. The van der Waals surface area contributed by atoms with E-state index >= 15 is 0 Å². The standard InChI is InChI=1S/C21H18N2O3S2/c1-13-9-16(27)10-14(2)21(13)26-15-3-4-19-18(11-15)20(12-23-19)28(24,25)17-5-7-22-8-6-17/h3-12,23,27H,1-2H3. The molecule has 0 spiro atoms. The van der Waals surface area contributed by atoms with E-state index in [1.54, 1.807) is 6.07 Å². The first-order valence-corrected chi connectivity index (χ1v) is 10.5. The second-order valence-electron chi connectivity index (χ2n) is 6.56. The number of aryl methyl sites for hydroxylation is 2. The summed E-state index contributed by atoms with van der Waals surface area (Å²) in [4.78, 5) is 8.19. The van der Waals surface area contributed by atoms with Crippen molar-refractivity contribution in [1.82, 2.24) is 9.97 Å². The Bertz CT molecular complexity index is 1260. The molecule has 5 nitrogen and oxygen atoms in total. The van der Waals surface area contributed by atoms with E-state index in [0.717, 1.165) is 27.3 Å². The van der Waals surface area contributed by atoms with Gasteiger partial charge in [-0.3, -0.25) is 4.98 Å². The fourth-order valence-electron chi connectivity index (χ4n) is 3.21. The lowest BCUT2D eigenvalue weighted by atomic mass is 10.1. The lowest BCUT2D eigenvalue weighted by Crippen LogP contribution is -2.01. The number of sulfone groups is 1. The number of thiol groups is 1. The van der Waals surface area contributed by atoms with Crippen molar-refractivity contribution < 1.29 is 13.2 Å². The lowest BCUT2D eigenvalue weighted by Gasteiger charge is -2.13. The molecule has 0 atom stereocenters. The third-order valence-electron chi connectivity index (χ3n) is 4.53. The van der Waals surface area contributed by atoms with Crippen LogP contribution in [0.4, 0.5) is 0 Å². The van der Waals surface area contributed by atoms with Crippen LogP contribution in [-0.4, -0.2) is 18.4 Å². The maximum Gasteiger partial charge on any atom is 0.208 e. The Morgan fingerprint density at radius 1 is 1.00 bits per heavy atom. The van der Waals surface area contributed by atoms with Crippen molar-refractivity contribution in [3.05, 3.63) is 72.2 Å². The second kappa shape index (κ2) is 7.00. The topological polar surface area (TPSA) is 72.1 Å². The molecule has 0 aliphatic heterocycles. The minimum absolute atomic E-state index is 0.200. The summed E-state index contributed by atoms with van der Waals surface area (Å²) >= 11 is 4.39. The molecule has 4 rings (SSSR count). The Kier molecular flexibility index (Phi) is 4.64. The van der Waals surface area contributed by atoms with E-state index in [4.69, 9.17) is 4.74 Å². The Balaban J connectivity index is 1.80. The highest BCUT2D eigenvalue weighted by atomic mass is 32.2. The predicted octanol–water partition coefficient (Wildman–Crippen LogP) is 5.09. The van der Waals surface area contributed by atoms with Gasteiger partial charge in [0.25, 0.3) is 0 Å². The van der Waals surface area contributed by atoms with Crippen LogP contribution in [0.5, 0.6) is 11.5 Å². The van der Waals surface area contributed by atoms with Crippen LogP contribution in [0.2, 0.25) is 0 Å². The smallest absolute Gasteiger partial charge is 0.208 e. The first-order valence-electron chi connectivity index (χ1n) is 8.60. The van der Waals surface area contributed by atoms with Crippen LogP contribution in [0.3, 0.4) is 0 Å². The van der Waals surface area contributed by atoms with Gasteiger partial charge >= 0.3 is 0 Å². The number of benzene rings is 2. The molecule has 0 radical (unpaired) electrons. The number of fused-ring (bicyclic) bond motifs is 1. The van der Waals surface area contributed by atoms with Gasteiger partial charge in [0.1, 0.15) is 11.5 Å². The Hall–Kier alpha value is -2.77. The number of nitrogens with one attached hydrogen (secondary N) is 1.